The van der Waals surface area contributed by atoms with Crippen molar-refractivity contribution in [3.8, 4) is 0 Å². The Balaban J connectivity index is 0.000000180. The van der Waals surface area contributed by atoms with Gasteiger partial charge in [0.05, 0.1) is 33.1 Å². The zero-order valence-electron chi connectivity index (χ0n) is 43.8. The Morgan fingerprint density at radius 3 is 1.10 bits per heavy atom. The third kappa shape index (κ3) is 11.3. The normalized spacial score (nSPS) is 12.9. The lowest BCUT2D eigenvalue weighted by atomic mass is 9.97. The van der Waals surface area contributed by atoms with Crippen molar-refractivity contribution >= 4 is 103 Å². The third-order valence-electron chi connectivity index (χ3n) is 15.3. The van der Waals surface area contributed by atoms with Gasteiger partial charge >= 0.3 is 0 Å². The number of hydrogen-bond donors (Lipinski definition) is 2. The summed E-state index contributed by atoms with van der Waals surface area (Å²) in [6, 6.07) is 38.4. The number of benzene rings is 6. The molecule has 10 aromatic rings. The number of fused-ring (bicyclic) bond motifs is 8. The number of rotatable bonds is 17. The fourth-order valence-corrected chi connectivity index (χ4v) is 11.5. The number of unbranched alkanes of at least 4 members (excludes halogenated alkanes) is 3. The van der Waals surface area contributed by atoms with E-state index in [1.165, 1.54) is 56.7 Å². The number of para-hydroxylation sites is 4. The van der Waals surface area contributed by atoms with Crippen molar-refractivity contribution in [1.29, 1.82) is 0 Å². The minimum atomic E-state index is -0.0322. The van der Waals surface area contributed by atoms with E-state index >= 15 is 0 Å². The van der Waals surface area contributed by atoms with Crippen molar-refractivity contribution in [2.45, 2.75) is 132 Å². The molecule has 2 N–H and O–H groups in total. The van der Waals surface area contributed by atoms with Crippen LogP contribution in [0.3, 0.4) is 0 Å². The van der Waals surface area contributed by atoms with Crippen LogP contribution in [0.5, 0.6) is 0 Å². The lowest BCUT2D eigenvalue weighted by Gasteiger charge is -2.23. The van der Waals surface area contributed by atoms with E-state index in [0.717, 1.165) is 88.6 Å². The van der Waals surface area contributed by atoms with Gasteiger partial charge in [-0.1, -0.05) is 164 Å². The van der Waals surface area contributed by atoms with E-state index in [1.54, 1.807) is 24.3 Å². The molecule has 0 radical (unpaired) electrons. The lowest BCUT2D eigenvalue weighted by Crippen LogP contribution is -2.19. The highest BCUT2D eigenvalue weighted by atomic mass is 79.9. The molecule has 0 aliphatic heterocycles. The first-order valence-electron chi connectivity index (χ1n) is 27.1. The Kier molecular flexibility index (Phi) is 17.9. The first-order valence-corrected chi connectivity index (χ1v) is 28.3. The SMILES string of the molecule is CCCCC(CC)CBr.CCCCC(CC)Cn1c2ccccc2c(=O)c2cc3c(cc21)c(=O)c1ccccc1n3CC(CC)CCCC.O=c1c2ccccc2[nH]c2cc3c(=O)c4ccccc4[nH]c3cc12. The Bertz CT molecular complexity index is 3550. The summed E-state index contributed by atoms with van der Waals surface area (Å²) in [5, 5.41) is 6.55. The Morgan fingerprint density at radius 2 is 0.726 bits per heavy atom. The third-order valence-corrected chi connectivity index (χ3v) is 16.2. The van der Waals surface area contributed by atoms with Crippen LogP contribution in [0.15, 0.2) is 141 Å². The van der Waals surface area contributed by atoms with Gasteiger partial charge in [-0.25, -0.2) is 0 Å². The van der Waals surface area contributed by atoms with E-state index in [4.69, 9.17) is 0 Å². The second-order valence-electron chi connectivity index (χ2n) is 20.1. The molecule has 4 aromatic heterocycles. The first-order chi connectivity index (χ1) is 35.6. The molecule has 6 aromatic carbocycles. The van der Waals surface area contributed by atoms with Gasteiger partial charge in [-0.05, 0) is 110 Å². The molecule has 4 heterocycles. The second-order valence-corrected chi connectivity index (χ2v) is 20.8. The Labute approximate surface area is 437 Å². The summed E-state index contributed by atoms with van der Waals surface area (Å²) in [6.45, 7) is 15.2. The van der Waals surface area contributed by atoms with Gasteiger partial charge in [0.15, 0.2) is 21.7 Å². The largest absolute Gasteiger partial charge is 0.354 e. The number of H-pyrrole nitrogens is 2. The summed E-state index contributed by atoms with van der Waals surface area (Å²) in [6.07, 6.45) is 14.7. The lowest BCUT2D eigenvalue weighted by molar-refractivity contribution is 0.400. The standard InChI is InChI=1S/C36H44N2O2.C20H12N2O2.C8H17Br/c1-5-9-15-25(7-3)23-37-31-19-13-11-17-27(31)35(39)29-22-34-30(21-33(29)37)36(40)28-18-12-14-20-32(28)38(34)24-26(8-4)16-10-6-2;23-19-11-5-1-3-7-15(11)21-17-10-14-18(9-13(17)19)22-16-8-4-2-6-12(16)20(14)24;1-3-5-6-8(4-2)7-9/h11-14,17-22,25-26H,5-10,15-16,23-24H2,1-4H3;1-10H,(H,21,23)(H,22,24);8H,3-7H2,1-2H3. The quantitative estimate of drug-likeness (QED) is 0.0699. The molecule has 3 unspecified atom stereocenters. The van der Waals surface area contributed by atoms with Crippen LogP contribution in [0.2, 0.25) is 0 Å². The molecule has 8 nitrogen and oxygen atoms in total. The number of nitrogens with zero attached hydrogens (tertiary/aromatic N) is 2. The van der Waals surface area contributed by atoms with Crippen LogP contribution in [0.1, 0.15) is 119 Å². The molecule has 0 aliphatic rings. The summed E-state index contributed by atoms with van der Waals surface area (Å²) in [4.78, 5) is 60.0. The van der Waals surface area contributed by atoms with Crippen LogP contribution in [-0.4, -0.2) is 24.4 Å². The minimum Gasteiger partial charge on any atom is -0.354 e. The van der Waals surface area contributed by atoms with Crippen molar-refractivity contribution in [1.82, 2.24) is 19.1 Å². The molecule has 0 bridgehead atoms. The maximum Gasteiger partial charge on any atom is 0.197 e. The number of nitrogens with one attached hydrogen (secondary N) is 2. The van der Waals surface area contributed by atoms with Gasteiger partial charge in [-0.15, -0.1) is 0 Å². The van der Waals surface area contributed by atoms with E-state index in [-0.39, 0.29) is 21.7 Å². The van der Waals surface area contributed by atoms with Gasteiger partial charge in [0, 0.05) is 72.5 Å². The van der Waals surface area contributed by atoms with E-state index in [0.29, 0.717) is 55.2 Å². The van der Waals surface area contributed by atoms with Gasteiger partial charge < -0.3 is 19.1 Å². The Hall–Kier alpha value is -6.32. The molecule has 0 saturated heterocycles. The number of aromatic nitrogens is 4. The van der Waals surface area contributed by atoms with Gasteiger partial charge in [-0.3, -0.25) is 19.2 Å². The highest BCUT2D eigenvalue weighted by Gasteiger charge is 2.20. The summed E-state index contributed by atoms with van der Waals surface area (Å²) < 4.78 is 4.65. The zero-order chi connectivity index (χ0) is 51.6. The van der Waals surface area contributed by atoms with Crippen LogP contribution in [0, 0.1) is 17.8 Å². The van der Waals surface area contributed by atoms with Crippen molar-refractivity contribution < 1.29 is 0 Å². The van der Waals surface area contributed by atoms with E-state index in [2.05, 4.69) is 88.7 Å². The fraction of sp³-hybridized carbons (Fsp3) is 0.375. The molecule has 0 spiro atoms. The molecule has 0 amide bonds. The number of alkyl halides is 1. The smallest absolute Gasteiger partial charge is 0.197 e. The van der Waals surface area contributed by atoms with Crippen molar-refractivity contribution in [2.75, 3.05) is 5.33 Å². The molecule has 9 heteroatoms. The minimum absolute atomic E-state index is 0.0322. The predicted octanol–water partition coefficient (Wildman–Crippen LogP) is 16.3. The number of hydrogen-bond acceptors (Lipinski definition) is 4. The van der Waals surface area contributed by atoms with E-state index in [9.17, 15) is 19.2 Å². The molecule has 10 rings (SSSR count). The predicted molar refractivity (Wildman–Crippen MR) is 316 cm³/mol. The van der Waals surface area contributed by atoms with Crippen molar-refractivity contribution in [3.05, 3.63) is 162 Å². The second kappa shape index (κ2) is 24.6. The van der Waals surface area contributed by atoms with Crippen LogP contribution in [0.4, 0.5) is 0 Å². The van der Waals surface area contributed by atoms with Crippen molar-refractivity contribution in [3.63, 3.8) is 0 Å². The highest BCUT2D eigenvalue weighted by Crippen LogP contribution is 2.30. The van der Waals surface area contributed by atoms with Gasteiger partial charge in [0.2, 0.25) is 0 Å². The molecule has 73 heavy (non-hydrogen) atoms. The molecule has 0 fully saturated rings. The van der Waals surface area contributed by atoms with Gasteiger partial charge in [0.1, 0.15) is 0 Å². The summed E-state index contributed by atoms with van der Waals surface area (Å²) >= 11 is 3.51. The first kappa shape index (κ1) is 53.0. The van der Waals surface area contributed by atoms with E-state index < -0.39 is 0 Å². The van der Waals surface area contributed by atoms with Gasteiger partial charge in [0.25, 0.3) is 0 Å². The monoisotopic (exact) mass is 1040 g/mol. The molecular formula is C64H73BrN4O4. The molecule has 3 atom stereocenters. The number of aromatic amines is 2. The molecular weight excluding hydrogens is 969 g/mol. The fourth-order valence-electron chi connectivity index (χ4n) is 10.7. The van der Waals surface area contributed by atoms with Crippen LogP contribution in [0.25, 0.3) is 87.2 Å². The summed E-state index contributed by atoms with van der Waals surface area (Å²) in [7, 11) is 0. The maximum absolute atomic E-state index is 14.0. The number of halogens is 1. The van der Waals surface area contributed by atoms with Gasteiger partial charge in [-0.2, -0.15) is 0 Å². The van der Waals surface area contributed by atoms with Crippen LogP contribution >= 0.6 is 15.9 Å². The molecule has 0 saturated carbocycles. The average Bonchev–Trinajstić information content (AvgIpc) is 3.43. The van der Waals surface area contributed by atoms with Crippen LogP contribution < -0.4 is 21.7 Å². The maximum atomic E-state index is 14.0. The average molecular weight is 1040 g/mol. The topological polar surface area (TPSA) is 110 Å². The number of pyridine rings is 4. The summed E-state index contributed by atoms with van der Waals surface area (Å²) in [5.74, 6) is 1.95. The Morgan fingerprint density at radius 1 is 0.384 bits per heavy atom. The molecule has 380 valence electrons. The van der Waals surface area contributed by atoms with Crippen LogP contribution in [-0.2, 0) is 13.1 Å². The zero-order valence-corrected chi connectivity index (χ0v) is 45.4. The molecule has 0 aliphatic carbocycles. The summed E-state index contributed by atoms with van der Waals surface area (Å²) in [5.41, 5.74) is 6.60. The van der Waals surface area contributed by atoms with E-state index in [1.807, 2.05) is 84.9 Å². The van der Waals surface area contributed by atoms with Crippen molar-refractivity contribution in [2.24, 2.45) is 17.8 Å². The highest BCUT2D eigenvalue weighted by molar-refractivity contribution is 9.09.